The molecule has 0 fully saturated rings. The van der Waals surface area contributed by atoms with Gasteiger partial charge in [-0.1, -0.05) is 0 Å². The Kier molecular flexibility index (Phi) is 1.88. The molecule has 1 N–H and O–H groups in total. The third-order valence-corrected chi connectivity index (χ3v) is 2.25. The molecule has 0 aromatic rings. The van der Waals surface area contributed by atoms with Crippen molar-refractivity contribution in [2.24, 2.45) is 15.9 Å². The fourth-order valence-corrected chi connectivity index (χ4v) is 1.58. The molecular formula is C8H5BrN2O2. The molecule has 0 aliphatic carbocycles. The van der Waals surface area contributed by atoms with E-state index >= 15 is 0 Å². The Morgan fingerprint density at radius 2 is 2.31 bits per heavy atom. The molecule has 0 amide bonds. The molecule has 0 radical (unpaired) electrons. The molecule has 4 nitrogen and oxygen atoms in total. The zero-order chi connectivity index (χ0) is 9.42. The first-order valence-electron chi connectivity index (χ1n) is 3.62. The SMILES string of the molecule is O=C(O)C1=CC2C=C(Br)N=CC2=N1. The quantitative estimate of drug-likeness (QED) is 0.704. The van der Waals surface area contributed by atoms with Crippen LogP contribution in [-0.2, 0) is 4.79 Å². The van der Waals surface area contributed by atoms with E-state index in [9.17, 15) is 4.79 Å². The fourth-order valence-electron chi connectivity index (χ4n) is 1.19. The number of nitrogens with zero attached hydrogens (tertiary/aromatic N) is 2. The van der Waals surface area contributed by atoms with Crippen molar-refractivity contribution in [2.45, 2.75) is 0 Å². The van der Waals surface area contributed by atoms with Crippen LogP contribution >= 0.6 is 15.9 Å². The van der Waals surface area contributed by atoms with Crippen LogP contribution in [0.1, 0.15) is 0 Å². The number of aliphatic imine (C=N–C) groups is 2. The topological polar surface area (TPSA) is 62.0 Å². The molecule has 0 aromatic carbocycles. The lowest BCUT2D eigenvalue weighted by atomic mass is 10.0. The molecule has 0 aromatic heterocycles. The van der Waals surface area contributed by atoms with Crippen LogP contribution in [0.3, 0.4) is 0 Å². The monoisotopic (exact) mass is 240 g/mol. The molecule has 0 spiro atoms. The van der Waals surface area contributed by atoms with Crippen molar-refractivity contribution in [3.63, 3.8) is 0 Å². The number of halogens is 1. The van der Waals surface area contributed by atoms with Crippen LogP contribution in [-0.4, -0.2) is 23.0 Å². The Labute approximate surface area is 82.5 Å². The highest BCUT2D eigenvalue weighted by Crippen LogP contribution is 2.24. The van der Waals surface area contributed by atoms with Crippen LogP contribution < -0.4 is 0 Å². The van der Waals surface area contributed by atoms with Gasteiger partial charge in [0.15, 0.2) is 0 Å². The summed E-state index contributed by atoms with van der Waals surface area (Å²) < 4.78 is 0.708. The predicted molar refractivity (Wildman–Crippen MR) is 52.1 cm³/mol. The summed E-state index contributed by atoms with van der Waals surface area (Å²) in [5.41, 5.74) is 0.769. The third kappa shape index (κ3) is 1.47. The number of hydrogen-bond acceptors (Lipinski definition) is 3. The van der Waals surface area contributed by atoms with Crippen LogP contribution in [0, 0.1) is 5.92 Å². The molecule has 13 heavy (non-hydrogen) atoms. The first kappa shape index (κ1) is 8.37. The lowest BCUT2D eigenvalue weighted by Gasteiger charge is -2.06. The Balaban J connectivity index is 2.36. The standard InChI is InChI=1S/C8H5BrN2O2/c9-7-2-4-1-5(8(12)13)11-6(4)3-10-7/h1-4H,(H,12,13). The minimum absolute atomic E-state index is 0.0435. The van der Waals surface area contributed by atoms with Gasteiger partial charge in [-0.3, -0.25) is 0 Å². The molecule has 2 rings (SSSR count). The number of carboxylic acid groups (broad SMARTS) is 1. The van der Waals surface area contributed by atoms with Gasteiger partial charge in [0.1, 0.15) is 10.3 Å². The summed E-state index contributed by atoms with van der Waals surface area (Å²) in [6.07, 6.45) is 4.99. The first-order chi connectivity index (χ1) is 6.16. The minimum Gasteiger partial charge on any atom is -0.477 e. The molecule has 2 heterocycles. The maximum atomic E-state index is 10.6. The van der Waals surface area contributed by atoms with Crippen molar-refractivity contribution in [1.29, 1.82) is 0 Å². The first-order valence-corrected chi connectivity index (χ1v) is 4.41. The van der Waals surface area contributed by atoms with E-state index in [2.05, 4.69) is 25.9 Å². The molecule has 5 heteroatoms. The average molecular weight is 241 g/mol. The van der Waals surface area contributed by atoms with Crippen molar-refractivity contribution >= 4 is 33.8 Å². The molecular weight excluding hydrogens is 236 g/mol. The summed E-state index contributed by atoms with van der Waals surface area (Å²) in [6.45, 7) is 0. The number of fused-ring (bicyclic) bond motifs is 1. The molecule has 0 saturated heterocycles. The van der Waals surface area contributed by atoms with Gasteiger partial charge in [-0.25, -0.2) is 14.8 Å². The van der Waals surface area contributed by atoms with Crippen LogP contribution in [0.15, 0.2) is 32.4 Å². The maximum absolute atomic E-state index is 10.6. The van der Waals surface area contributed by atoms with E-state index in [0.29, 0.717) is 10.3 Å². The highest BCUT2D eigenvalue weighted by Gasteiger charge is 2.23. The van der Waals surface area contributed by atoms with Crippen molar-refractivity contribution < 1.29 is 9.90 Å². The van der Waals surface area contributed by atoms with Crippen molar-refractivity contribution in [3.8, 4) is 0 Å². The number of hydrogen-bond donors (Lipinski definition) is 1. The molecule has 0 bridgehead atoms. The van der Waals surface area contributed by atoms with Gasteiger partial charge < -0.3 is 5.11 Å². The summed E-state index contributed by atoms with van der Waals surface area (Å²) in [6, 6.07) is 0. The van der Waals surface area contributed by atoms with E-state index in [0.717, 1.165) is 0 Å². The number of rotatable bonds is 1. The maximum Gasteiger partial charge on any atom is 0.354 e. The zero-order valence-electron chi connectivity index (χ0n) is 6.44. The number of aliphatic carboxylic acids is 1. The Morgan fingerprint density at radius 3 is 3.00 bits per heavy atom. The van der Waals surface area contributed by atoms with Crippen molar-refractivity contribution in [1.82, 2.24) is 0 Å². The fraction of sp³-hybridized carbons (Fsp3) is 0.125. The van der Waals surface area contributed by atoms with Crippen LogP contribution in [0.4, 0.5) is 0 Å². The number of allylic oxidation sites excluding steroid dienone is 2. The van der Waals surface area contributed by atoms with Gasteiger partial charge in [0.05, 0.1) is 11.9 Å². The normalized spacial score (nSPS) is 24.7. The largest absolute Gasteiger partial charge is 0.477 e. The van der Waals surface area contributed by atoms with E-state index in [1.807, 2.05) is 6.08 Å². The zero-order valence-corrected chi connectivity index (χ0v) is 8.02. The van der Waals surface area contributed by atoms with Crippen LogP contribution in [0.2, 0.25) is 0 Å². The van der Waals surface area contributed by atoms with E-state index in [-0.39, 0.29) is 11.6 Å². The average Bonchev–Trinajstić information content (AvgIpc) is 2.46. The van der Waals surface area contributed by atoms with Gasteiger partial charge in [-0.15, -0.1) is 0 Å². The van der Waals surface area contributed by atoms with E-state index in [1.54, 1.807) is 12.3 Å². The van der Waals surface area contributed by atoms with Crippen molar-refractivity contribution in [3.05, 3.63) is 22.5 Å². The summed E-state index contributed by atoms with van der Waals surface area (Å²) >= 11 is 3.21. The van der Waals surface area contributed by atoms with Crippen LogP contribution in [0.5, 0.6) is 0 Å². The molecule has 1 atom stereocenters. The summed E-state index contributed by atoms with van der Waals surface area (Å²) in [5.74, 6) is -1.04. The van der Waals surface area contributed by atoms with E-state index in [1.165, 1.54) is 0 Å². The van der Waals surface area contributed by atoms with Crippen LogP contribution in [0.25, 0.3) is 0 Å². The van der Waals surface area contributed by atoms with E-state index in [4.69, 9.17) is 5.11 Å². The second-order valence-electron chi connectivity index (χ2n) is 2.67. The number of carbonyl (C=O) groups is 1. The van der Waals surface area contributed by atoms with E-state index < -0.39 is 5.97 Å². The summed E-state index contributed by atoms with van der Waals surface area (Å²) in [4.78, 5) is 18.4. The molecule has 2 aliphatic rings. The molecule has 66 valence electrons. The third-order valence-electron chi connectivity index (χ3n) is 1.78. The predicted octanol–water partition coefficient (Wildman–Crippen LogP) is 1.35. The molecule has 2 aliphatic heterocycles. The Bertz CT molecular complexity index is 393. The van der Waals surface area contributed by atoms with Gasteiger partial charge in [0, 0.05) is 5.92 Å². The van der Waals surface area contributed by atoms with Crippen molar-refractivity contribution in [2.75, 3.05) is 0 Å². The van der Waals surface area contributed by atoms with Gasteiger partial charge in [-0.2, -0.15) is 0 Å². The summed E-state index contributed by atoms with van der Waals surface area (Å²) in [7, 11) is 0. The van der Waals surface area contributed by atoms with Gasteiger partial charge >= 0.3 is 5.97 Å². The number of carboxylic acids is 1. The second kappa shape index (κ2) is 2.92. The lowest BCUT2D eigenvalue weighted by molar-refractivity contribution is -0.132. The van der Waals surface area contributed by atoms with Gasteiger partial charge in [-0.05, 0) is 28.1 Å². The minimum atomic E-state index is -1.00. The smallest absolute Gasteiger partial charge is 0.354 e. The molecule has 1 unspecified atom stereocenters. The molecule has 0 saturated carbocycles. The second-order valence-corrected chi connectivity index (χ2v) is 3.48. The lowest BCUT2D eigenvalue weighted by Crippen LogP contribution is -2.11. The highest BCUT2D eigenvalue weighted by molar-refractivity contribution is 9.11. The Morgan fingerprint density at radius 1 is 1.54 bits per heavy atom. The highest BCUT2D eigenvalue weighted by atomic mass is 79.9. The summed E-state index contributed by atoms with van der Waals surface area (Å²) in [5, 5.41) is 8.67. The van der Waals surface area contributed by atoms with Gasteiger partial charge in [0.25, 0.3) is 0 Å². The Hall–Kier alpha value is -1.23. The van der Waals surface area contributed by atoms with Gasteiger partial charge in [0.2, 0.25) is 0 Å².